The quantitative estimate of drug-likeness (QED) is 0.728. The van der Waals surface area contributed by atoms with Crippen LogP contribution >= 0.6 is 0 Å². The zero-order chi connectivity index (χ0) is 9.80. The summed E-state index contributed by atoms with van der Waals surface area (Å²) in [5.41, 5.74) is 2.42. The average Bonchev–Trinajstić information content (AvgIpc) is 2.71. The van der Waals surface area contributed by atoms with Crippen molar-refractivity contribution in [3.05, 3.63) is 24.2 Å². The van der Waals surface area contributed by atoms with E-state index >= 15 is 0 Å². The Morgan fingerprint density at radius 2 is 2.29 bits per heavy atom. The van der Waals surface area contributed by atoms with Gasteiger partial charge in [0.15, 0.2) is 0 Å². The van der Waals surface area contributed by atoms with E-state index < -0.39 is 0 Å². The molecule has 0 radical (unpaired) electrons. The summed E-state index contributed by atoms with van der Waals surface area (Å²) in [5, 5.41) is 9.01. The maximum absolute atomic E-state index is 9.01. The van der Waals surface area contributed by atoms with Crippen molar-refractivity contribution in [3.8, 4) is 0 Å². The standard InChI is InChI=1S/C11H17NO2/c13-12-11-6-2-1-4-9(11)8-10-5-3-7-14-10/h3,5,7,9,11-13H,1-2,4,6,8H2. The van der Waals surface area contributed by atoms with Crippen LogP contribution in [-0.4, -0.2) is 11.2 Å². The second-order valence-electron chi connectivity index (χ2n) is 4.06. The largest absolute Gasteiger partial charge is 0.469 e. The molecule has 0 bridgehead atoms. The maximum atomic E-state index is 9.01. The van der Waals surface area contributed by atoms with Crippen LogP contribution < -0.4 is 5.48 Å². The fourth-order valence-corrected chi connectivity index (χ4v) is 2.31. The molecule has 1 heterocycles. The summed E-state index contributed by atoms with van der Waals surface area (Å²) in [7, 11) is 0. The number of hydrogen-bond acceptors (Lipinski definition) is 3. The van der Waals surface area contributed by atoms with Crippen molar-refractivity contribution in [2.45, 2.75) is 38.1 Å². The Morgan fingerprint density at radius 1 is 1.43 bits per heavy atom. The Balaban J connectivity index is 1.94. The molecule has 0 amide bonds. The van der Waals surface area contributed by atoms with E-state index in [4.69, 9.17) is 9.62 Å². The van der Waals surface area contributed by atoms with Gasteiger partial charge in [-0.05, 0) is 30.9 Å². The zero-order valence-corrected chi connectivity index (χ0v) is 8.28. The summed E-state index contributed by atoms with van der Waals surface area (Å²) in [6.45, 7) is 0. The van der Waals surface area contributed by atoms with Gasteiger partial charge in [-0.15, -0.1) is 0 Å². The van der Waals surface area contributed by atoms with E-state index in [9.17, 15) is 0 Å². The first kappa shape index (κ1) is 9.74. The van der Waals surface area contributed by atoms with E-state index in [0.717, 1.165) is 18.6 Å². The minimum Gasteiger partial charge on any atom is -0.469 e. The molecule has 0 spiro atoms. The first-order valence-corrected chi connectivity index (χ1v) is 5.32. The Hall–Kier alpha value is -0.800. The van der Waals surface area contributed by atoms with E-state index in [1.807, 2.05) is 12.1 Å². The van der Waals surface area contributed by atoms with E-state index in [0.29, 0.717) is 5.92 Å². The van der Waals surface area contributed by atoms with Gasteiger partial charge in [0.1, 0.15) is 5.76 Å². The van der Waals surface area contributed by atoms with Crippen LogP contribution in [-0.2, 0) is 6.42 Å². The molecule has 0 aromatic carbocycles. The molecule has 1 aromatic rings. The van der Waals surface area contributed by atoms with Crippen molar-refractivity contribution >= 4 is 0 Å². The molecule has 1 aliphatic rings. The van der Waals surface area contributed by atoms with Gasteiger partial charge in [0, 0.05) is 12.5 Å². The molecule has 3 nitrogen and oxygen atoms in total. The average molecular weight is 195 g/mol. The summed E-state index contributed by atoms with van der Waals surface area (Å²) in [6.07, 6.45) is 7.38. The second kappa shape index (κ2) is 4.62. The Labute approximate surface area is 84.1 Å². The molecule has 1 aromatic heterocycles. The van der Waals surface area contributed by atoms with Crippen LogP contribution in [0.5, 0.6) is 0 Å². The van der Waals surface area contributed by atoms with Gasteiger partial charge in [-0.1, -0.05) is 12.8 Å². The van der Waals surface area contributed by atoms with Gasteiger partial charge < -0.3 is 9.62 Å². The van der Waals surface area contributed by atoms with E-state index in [-0.39, 0.29) is 6.04 Å². The number of hydrogen-bond donors (Lipinski definition) is 2. The van der Waals surface area contributed by atoms with Gasteiger partial charge in [0.2, 0.25) is 0 Å². The first-order valence-electron chi connectivity index (χ1n) is 5.32. The minimum atomic E-state index is 0.244. The highest BCUT2D eigenvalue weighted by Crippen LogP contribution is 2.27. The molecule has 0 saturated heterocycles. The number of nitrogens with one attached hydrogen (secondary N) is 1. The van der Waals surface area contributed by atoms with E-state index in [1.165, 1.54) is 19.3 Å². The van der Waals surface area contributed by atoms with Crippen LogP contribution in [0.3, 0.4) is 0 Å². The molecule has 2 atom stereocenters. The predicted octanol–water partition coefficient (Wildman–Crippen LogP) is 2.36. The molecular formula is C11H17NO2. The summed E-state index contributed by atoms with van der Waals surface area (Å²) >= 11 is 0. The maximum Gasteiger partial charge on any atom is 0.104 e. The summed E-state index contributed by atoms with van der Waals surface area (Å²) < 4.78 is 5.32. The fourth-order valence-electron chi connectivity index (χ4n) is 2.31. The van der Waals surface area contributed by atoms with Crippen LogP contribution in [0.1, 0.15) is 31.4 Å². The molecule has 78 valence electrons. The molecule has 3 heteroatoms. The van der Waals surface area contributed by atoms with E-state index in [1.54, 1.807) is 6.26 Å². The van der Waals surface area contributed by atoms with E-state index in [2.05, 4.69) is 5.48 Å². The number of rotatable bonds is 3. The lowest BCUT2D eigenvalue weighted by atomic mass is 9.82. The van der Waals surface area contributed by atoms with Crippen molar-refractivity contribution in [1.29, 1.82) is 0 Å². The lowest BCUT2D eigenvalue weighted by Gasteiger charge is -2.29. The number of hydroxylamine groups is 1. The molecule has 1 aliphatic carbocycles. The molecule has 1 fully saturated rings. The summed E-state index contributed by atoms with van der Waals surface area (Å²) in [4.78, 5) is 0. The van der Waals surface area contributed by atoms with Gasteiger partial charge in [-0.2, -0.15) is 0 Å². The third-order valence-electron chi connectivity index (χ3n) is 3.12. The summed E-state index contributed by atoms with van der Waals surface area (Å²) in [6, 6.07) is 4.16. The topological polar surface area (TPSA) is 45.4 Å². The van der Waals surface area contributed by atoms with Crippen LogP contribution in [0.15, 0.2) is 22.8 Å². The minimum absolute atomic E-state index is 0.244. The molecule has 1 saturated carbocycles. The molecule has 2 rings (SSSR count). The third kappa shape index (κ3) is 2.16. The lowest BCUT2D eigenvalue weighted by molar-refractivity contribution is 0.0739. The SMILES string of the molecule is ONC1CCCCC1Cc1ccco1. The smallest absolute Gasteiger partial charge is 0.104 e. The van der Waals surface area contributed by atoms with Crippen LogP contribution in [0, 0.1) is 5.92 Å². The van der Waals surface area contributed by atoms with Crippen molar-refractivity contribution in [1.82, 2.24) is 5.48 Å². The molecule has 2 unspecified atom stereocenters. The fraction of sp³-hybridized carbons (Fsp3) is 0.636. The Kier molecular flexibility index (Phi) is 3.22. The van der Waals surface area contributed by atoms with Crippen molar-refractivity contribution in [3.63, 3.8) is 0 Å². The molecular weight excluding hydrogens is 178 g/mol. The Bertz CT molecular complexity index is 258. The van der Waals surface area contributed by atoms with Gasteiger partial charge in [-0.25, -0.2) is 5.48 Å². The third-order valence-corrected chi connectivity index (χ3v) is 3.12. The normalized spacial score (nSPS) is 27.8. The predicted molar refractivity (Wildman–Crippen MR) is 53.1 cm³/mol. The highest BCUT2D eigenvalue weighted by Gasteiger charge is 2.25. The first-order chi connectivity index (χ1) is 6.90. The van der Waals surface area contributed by atoms with Crippen molar-refractivity contribution in [2.24, 2.45) is 5.92 Å². The van der Waals surface area contributed by atoms with Gasteiger partial charge in [-0.3, -0.25) is 0 Å². The molecule has 2 N–H and O–H groups in total. The lowest BCUT2D eigenvalue weighted by Crippen LogP contribution is -2.37. The second-order valence-corrected chi connectivity index (χ2v) is 4.06. The van der Waals surface area contributed by atoms with Crippen molar-refractivity contribution < 1.29 is 9.62 Å². The number of furan rings is 1. The van der Waals surface area contributed by atoms with Crippen LogP contribution in [0.25, 0.3) is 0 Å². The van der Waals surface area contributed by atoms with Crippen LogP contribution in [0.4, 0.5) is 0 Å². The highest BCUT2D eigenvalue weighted by atomic mass is 16.5. The molecule has 0 aliphatic heterocycles. The van der Waals surface area contributed by atoms with Gasteiger partial charge in [0.25, 0.3) is 0 Å². The van der Waals surface area contributed by atoms with Gasteiger partial charge >= 0.3 is 0 Å². The monoisotopic (exact) mass is 195 g/mol. The zero-order valence-electron chi connectivity index (χ0n) is 8.28. The highest BCUT2D eigenvalue weighted by molar-refractivity contribution is 5.00. The molecule has 14 heavy (non-hydrogen) atoms. The Morgan fingerprint density at radius 3 is 3.00 bits per heavy atom. The summed E-state index contributed by atoms with van der Waals surface area (Å²) in [5.74, 6) is 1.54. The van der Waals surface area contributed by atoms with Crippen molar-refractivity contribution in [2.75, 3.05) is 0 Å². The van der Waals surface area contributed by atoms with Crippen LogP contribution in [0.2, 0.25) is 0 Å². The van der Waals surface area contributed by atoms with Gasteiger partial charge in [0.05, 0.1) is 6.26 Å².